The molecule has 1 fully saturated rings. The van der Waals surface area contributed by atoms with E-state index in [1.54, 1.807) is 0 Å². The molecule has 1 amide bonds. The molecular weight excluding hydrogens is 250 g/mol. The minimum absolute atomic E-state index is 0.0109. The van der Waals surface area contributed by atoms with Crippen LogP contribution >= 0.6 is 11.3 Å². The van der Waals surface area contributed by atoms with Gasteiger partial charge in [-0.15, -0.1) is 11.3 Å². The van der Waals surface area contributed by atoms with Crippen LogP contribution in [-0.4, -0.2) is 37.2 Å². The third-order valence-electron chi connectivity index (χ3n) is 3.25. The summed E-state index contributed by atoms with van der Waals surface area (Å²) in [5.74, 6) is -0.146. The maximum atomic E-state index is 12.1. The first-order valence-electron chi connectivity index (χ1n) is 6.17. The van der Waals surface area contributed by atoms with Gasteiger partial charge in [0.1, 0.15) is 0 Å². The highest BCUT2D eigenvalue weighted by molar-refractivity contribution is 7.15. The van der Waals surface area contributed by atoms with Crippen LogP contribution in [0, 0.1) is 12.8 Å². The SMILES string of the molecule is CCc1nc(NC(=O)C2COCC2NC)sc1C. The number of rotatable bonds is 4. The Labute approximate surface area is 111 Å². The van der Waals surface area contributed by atoms with Crippen molar-refractivity contribution in [2.24, 2.45) is 5.92 Å². The Morgan fingerprint density at radius 1 is 1.56 bits per heavy atom. The fourth-order valence-corrected chi connectivity index (χ4v) is 3.01. The molecule has 100 valence electrons. The zero-order valence-electron chi connectivity index (χ0n) is 10.9. The van der Waals surface area contributed by atoms with Crippen LogP contribution in [0.5, 0.6) is 0 Å². The van der Waals surface area contributed by atoms with Crippen molar-refractivity contribution in [2.75, 3.05) is 25.6 Å². The van der Waals surface area contributed by atoms with Crippen LogP contribution in [0.2, 0.25) is 0 Å². The van der Waals surface area contributed by atoms with Gasteiger partial charge in [0.15, 0.2) is 5.13 Å². The summed E-state index contributed by atoms with van der Waals surface area (Å²) in [6.45, 7) is 5.16. The second kappa shape index (κ2) is 5.77. The molecule has 0 bridgehead atoms. The van der Waals surface area contributed by atoms with Crippen LogP contribution in [0.3, 0.4) is 0 Å². The van der Waals surface area contributed by atoms with Gasteiger partial charge in [0.2, 0.25) is 5.91 Å². The van der Waals surface area contributed by atoms with Gasteiger partial charge in [-0.2, -0.15) is 0 Å². The van der Waals surface area contributed by atoms with E-state index in [0.29, 0.717) is 18.3 Å². The van der Waals surface area contributed by atoms with Crippen molar-refractivity contribution in [1.29, 1.82) is 0 Å². The highest BCUT2D eigenvalue weighted by atomic mass is 32.1. The molecule has 2 unspecified atom stereocenters. The van der Waals surface area contributed by atoms with Crippen LogP contribution in [0.4, 0.5) is 5.13 Å². The molecule has 1 saturated heterocycles. The van der Waals surface area contributed by atoms with E-state index in [1.807, 2.05) is 14.0 Å². The summed E-state index contributed by atoms with van der Waals surface area (Å²) < 4.78 is 5.33. The monoisotopic (exact) mass is 269 g/mol. The minimum Gasteiger partial charge on any atom is -0.379 e. The second-order valence-corrected chi connectivity index (χ2v) is 5.61. The largest absolute Gasteiger partial charge is 0.379 e. The number of ether oxygens (including phenoxy) is 1. The number of amides is 1. The molecule has 0 radical (unpaired) electrons. The predicted octanol–water partition coefficient (Wildman–Crippen LogP) is 1.19. The number of likely N-dealkylation sites (N-methyl/N-ethyl adjacent to an activating group) is 1. The van der Waals surface area contributed by atoms with Crippen LogP contribution in [0.1, 0.15) is 17.5 Å². The molecule has 0 spiro atoms. The topological polar surface area (TPSA) is 63.2 Å². The number of aromatic nitrogens is 1. The molecule has 0 saturated carbocycles. The van der Waals surface area contributed by atoms with Gasteiger partial charge in [0, 0.05) is 10.9 Å². The highest BCUT2D eigenvalue weighted by Gasteiger charge is 2.33. The lowest BCUT2D eigenvalue weighted by Crippen LogP contribution is -2.39. The van der Waals surface area contributed by atoms with Gasteiger partial charge >= 0.3 is 0 Å². The van der Waals surface area contributed by atoms with Gasteiger partial charge in [-0.1, -0.05) is 6.92 Å². The highest BCUT2D eigenvalue weighted by Crippen LogP contribution is 2.24. The normalized spacial score (nSPS) is 23.3. The zero-order valence-corrected chi connectivity index (χ0v) is 11.8. The molecule has 0 aromatic carbocycles. The number of carbonyl (C=O) groups excluding carboxylic acids is 1. The Morgan fingerprint density at radius 3 is 2.94 bits per heavy atom. The average molecular weight is 269 g/mol. The summed E-state index contributed by atoms with van der Waals surface area (Å²) >= 11 is 1.53. The number of carbonyl (C=O) groups is 1. The van der Waals surface area contributed by atoms with Crippen molar-refractivity contribution in [2.45, 2.75) is 26.3 Å². The summed E-state index contributed by atoms with van der Waals surface area (Å²) in [6, 6.07) is 0.0942. The summed E-state index contributed by atoms with van der Waals surface area (Å²) in [4.78, 5) is 17.7. The first kappa shape index (κ1) is 13.5. The third-order valence-corrected chi connectivity index (χ3v) is 4.17. The Bertz CT molecular complexity index is 433. The van der Waals surface area contributed by atoms with Crippen LogP contribution in [-0.2, 0) is 16.0 Å². The van der Waals surface area contributed by atoms with Gasteiger partial charge in [-0.3, -0.25) is 4.79 Å². The molecule has 2 heterocycles. The standard InChI is InChI=1S/C12H19N3O2S/c1-4-9-7(2)18-12(14-9)15-11(16)8-5-17-6-10(8)13-3/h8,10,13H,4-6H2,1-3H3,(H,14,15,16). The second-order valence-electron chi connectivity index (χ2n) is 4.40. The van der Waals surface area contributed by atoms with Gasteiger partial charge < -0.3 is 15.4 Å². The molecule has 1 aromatic rings. The van der Waals surface area contributed by atoms with Crippen molar-refractivity contribution in [3.05, 3.63) is 10.6 Å². The van der Waals surface area contributed by atoms with Crippen molar-refractivity contribution >= 4 is 22.4 Å². The predicted molar refractivity (Wildman–Crippen MR) is 72.0 cm³/mol. The molecule has 2 rings (SSSR count). The molecular formula is C12H19N3O2S. The van der Waals surface area contributed by atoms with Crippen LogP contribution < -0.4 is 10.6 Å². The van der Waals surface area contributed by atoms with Crippen molar-refractivity contribution < 1.29 is 9.53 Å². The van der Waals surface area contributed by atoms with E-state index in [9.17, 15) is 4.79 Å². The molecule has 0 aliphatic carbocycles. The van der Waals surface area contributed by atoms with Gasteiger partial charge in [0.25, 0.3) is 0 Å². The Hall–Kier alpha value is -0.980. The maximum Gasteiger partial charge on any atom is 0.233 e. The quantitative estimate of drug-likeness (QED) is 0.862. The van der Waals surface area contributed by atoms with Crippen LogP contribution in [0.15, 0.2) is 0 Å². The molecule has 6 heteroatoms. The summed E-state index contributed by atoms with van der Waals surface area (Å²) in [5.41, 5.74) is 1.06. The number of nitrogens with one attached hydrogen (secondary N) is 2. The number of thiazole rings is 1. The lowest BCUT2D eigenvalue weighted by Gasteiger charge is -2.15. The average Bonchev–Trinajstić information content (AvgIpc) is 2.95. The molecule has 1 aromatic heterocycles. The van der Waals surface area contributed by atoms with Crippen molar-refractivity contribution in [3.63, 3.8) is 0 Å². The summed E-state index contributed by atoms with van der Waals surface area (Å²) in [7, 11) is 1.85. The Morgan fingerprint density at radius 2 is 2.33 bits per heavy atom. The lowest BCUT2D eigenvalue weighted by molar-refractivity contribution is -0.120. The smallest absolute Gasteiger partial charge is 0.233 e. The van der Waals surface area contributed by atoms with E-state index >= 15 is 0 Å². The Balaban J connectivity index is 2.02. The van der Waals surface area contributed by atoms with Gasteiger partial charge in [0.05, 0.1) is 24.8 Å². The number of aryl methyl sites for hydroxylation is 2. The maximum absolute atomic E-state index is 12.1. The summed E-state index contributed by atoms with van der Waals surface area (Å²) in [5, 5.41) is 6.69. The molecule has 18 heavy (non-hydrogen) atoms. The fourth-order valence-electron chi connectivity index (χ4n) is 2.10. The number of anilines is 1. The van der Waals surface area contributed by atoms with Gasteiger partial charge in [-0.25, -0.2) is 4.98 Å². The molecule has 2 N–H and O–H groups in total. The molecule has 1 aliphatic heterocycles. The lowest BCUT2D eigenvalue weighted by atomic mass is 10.0. The zero-order chi connectivity index (χ0) is 13.1. The summed E-state index contributed by atoms with van der Waals surface area (Å²) in [6.07, 6.45) is 0.893. The van der Waals surface area contributed by atoms with Crippen LogP contribution in [0.25, 0.3) is 0 Å². The van der Waals surface area contributed by atoms with E-state index < -0.39 is 0 Å². The first-order valence-corrected chi connectivity index (χ1v) is 6.99. The van der Waals surface area contributed by atoms with E-state index in [4.69, 9.17) is 4.74 Å². The fraction of sp³-hybridized carbons (Fsp3) is 0.667. The number of hydrogen-bond donors (Lipinski definition) is 2. The van der Waals surface area contributed by atoms with E-state index in [-0.39, 0.29) is 17.9 Å². The van der Waals surface area contributed by atoms with E-state index in [1.165, 1.54) is 16.2 Å². The van der Waals surface area contributed by atoms with E-state index in [2.05, 4.69) is 22.5 Å². The molecule has 2 atom stereocenters. The number of nitrogens with zero attached hydrogens (tertiary/aromatic N) is 1. The molecule has 1 aliphatic rings. The minimum atomic E-state index is -0.135. The first-order chi connectivity index (χ1) is 8.65. The molecule has 5 nitrogen and oxygen atoms in total. The van der Waals surface area contributed by atoms with E-state index in [0.717, 1.165) is 12.1 Å². The third kappa shape index (κ3) is 2.71. The number of hydrogen-bond acceptors (Lipinski definition) is 5. The van der Waals surface area contributed by atoms with Crippen molar-refractivity contribution in [1.82, 2.24) is 10.3 Å². The van der Waals surface area contributed by atoms with Crippen molar-refractivity contribution in [3.8, 4) is 0 Å². The Kier molecular flexibility index (Phi) is 4.31. The van der Waals surface area contributed by atoms with Gasteiger partial charge in [-0.05, 0) is 20.4 Å².